The number of hydrogen-bond acceptors (Lipinski definition) is 4. The Morgan fingerprint density at radius 3 is 2.75 bits per heavy atom. The third kappa shape index (κ3) is 2.66. The van der Waals surface area contributed by atoms with Gasteiger partial charge in [-0.2, -0.15) is 0 Å². The van der Waals surface area contributed by atoms with Crippen molar-refractivity contribution in [1.29, 1.82) is 0 Å². The molecule has 0 bridgehead atoms. The Morgan fingerprint density at radius 1 is 1.35 bits per heavy atom. The molecule has 0 aliphatic carbocycles. The quantitative estimate of drug-likeness (QED) is 0.620. The maximum atomic E-state index is 10.7. The highest BCUT2D eigenvalue weighted by Crippen LogP contribution is 2.37. The fraction of sp³-hybridized carbons (Fsp3) is 0.467. The largest absolute Gasteiger partial charge is 0.495 e. The highest BCUT2D eigenvalue weighted by molar-refractivity contribution is 6.62. The molecule has 0 amide bonds. The molecule has 1 atom stereocenters. The summed E-state index contributed by atoms with van der Waals surface area (Å²) in [5, 5.41) is 0. The van der Waals surface area contributed by atoms with E-state index in [9.17, 15) is 4.79 Å². The molecular weight excluding hydrogens is 255 g/mol. The van der Waals surface area contributed by atoms with Crippen LogP contribution in [0.15, 0.2) is 30.3 Å². The van der Waals surface area contributed by atoms with Gasteiger partial charge < -0.3 is 14.0 Å². The van der Waals surface area contributed by atoms with Crippen LogP contribution in [0, 0.1) is 0 Å². The van der Waals surface area contributed by atoms with Crippen molar-refractivity contribution in [3.63, 3.8) is 0 Å². The molecule has 1 unspecified atom stereocenters. The summed E-state index contributed by atoms with van der Waals surface area (Å²) >= 11 is 0. The fourth-order valence-corrected chi connectivity index (χ4v) is 2.15. The molecular formula is C15H19BO4. The zero-order chi connectivity index (χ0) is 14.8. The van der Waals surface area contributed by atoms with E-state index in [1.165, 1.54) is 6.08 Å². The summed E-state index contributed by atoms with van der Waals surface area (Å²) in [7, 11) is -0.528. The maximum Gasteiger partial charge on any atom is 0.495 e. The molecule has 0 N–H and O–H groups in total. The Hall–Kier alpha value is -1.55. The van der Waals surface area contributed by atoms with E-state index in [0.29, 0.717) is 6.61 Å². The summed E-state index contributed by atoms with van der Waals surface area (Å²) in [5.74, 6) is 2.58. The molecule has 1 saturated heterocycles. The van der Waals surface area contributed by atoms with Crippen molar-refractivity contribution >= 4 is 18.5 Å². The minimum atomic E-state index is -0.805. The van der Waals surface area contributed by atoms with Crippen LogP contribution in [0.5, 0.6) is 5.75 Å². The van der Waals surface area contributed by atoms with Gasteiger partial charge in [-0.15, -0.1) is 0 Å². The molecule has 1 fully saturated rings. The van der Waals surface area contributed by atoms with Gasteiger partial charge in [0.05, 0.1) is 12.2 Å². The second kappa shape index (κ2) is 5.45. The van der Waals surface area contributed by atoms with Crippen LogP contribution in [0.3, 0.4) is 0 Å². The molecule has 1 aromatic rings. The number of carbonyl (C=O) groups excluding carboxylic acids is 1. The van der Waals surface area contributed by atoms with Gasteiger partial charge in [0.15, 0.2) is 0 Å². The van der Waals surface area contributed by atoms with Crippen molar-refractivity contribution in [2.75, 3.05) is 6.61 Å². The molecule has 20 heavy (non-hydrogen) atoms. The molecule has 1 aromatic carbocycles. The maximum absolute atomic E-state index is 10.7. The number of ether oxygens (including phenoxy) is 1. The normalized spacial score (nSPS) is 24.3. The highest BCUT2D eigenvalue weighted by atomic mass is 16.7. The Labute approximate surface area is 119 Å². The third-order valence-electron chi connectivity index (χ3n) is 3.72. The second-order valence-electron chi connectivity index (χ2n) is 5.45. The Morgan fingerprint density at radius 2 is 2.10 bits per heavy atom. The highest BCUT2D eigenvalue weighted by Gasteiger charge is 2.53. The van der Waals surface area contributed by atoms with E-state index in [0.717, 1.165) is 11.2 Å². The Kier molecular flexibility index (Phi) is 4.05. The van der Waals surface area contributed by atoms with E-state index in [2.05, 4.69) is 0 Å². The van der Waals surface area contributed by atoms with E-state index in [4.69, 9.17) is 14.0 Å². The summed E-state index contributed by atoms with van der Waals surface area (Å²) in [6.07, 6.45) is 1.37. The zero-order valence-electron chi connectivity index (χ0n) is 12.3. The lowest BCUT2D eigenvalue weighted by Crippen LogP contribution is -2.43. The molecule has 106 valence electrons. The molecule has 4 nitrogen and oxygen atoms in total. The molecule has 0 radical (unpaired) electrons. The van der Waals surface area contributed by atoms with Crippen LogP contribution < -0.4 is 10.2 Å². The van der Waals surface area contributed by atoms with Crippen molar-refractivity contribution in [2.24, 2.45) is 0 Å². The SMILES string of the molecule is CCOc1cccc(B2OC(C)(C)C(C)(C=C=O)O2)c1. The van der Waals surface area contributed by atoms with Crippen LogP contribution in [0.1, 0.15) is 27.7 Å². The van der Waals surface area contributed by atoms with Gasteiger partial charge in [0.1, 0.15) is 17.3 Å². The molecule has 2 rings (SSSR count). The molecule has 1 aliphatic rings. The lowest BCUT2D eigenvalue weighted by Gasteiger charge is -2.32. The molecule has 0 saturated carbocycles. The minimum Gasteiger partial charge on any atom is -0.494 e. The van der Waals surface area contributed by atoms with Crippen molar-refractivity contribution in [2.45, 2.75) is 38.9 Å². The third-order valence-corrected chi connectivity index (χ3v) is 3.72. The monoisotopic (exact) mass is 274 g/mol. The average molecular weight is 274 g/mol. The van der Waals surface area contributed by atoms with Crippen LogP contribution in [-0.4, -0.2) is 30.9 Å². The first-order valence-electron chi connectivity index (χ1n) is 6.72. The standard InChI is InChI=1S/C15H19BO4/c1-5-18-13-8-6-7-12(11-13)16-19-14(2,3)15(4,20-16)9-10-17/h6-9,11H,5H2,1-4H3. The van der Waals surface area contributed by atoms with E-state index < -0.39 is 18.3 Å². The first-order chi connectivity index (χ1) is 9.42. The first-order valence-corrected chi connectivity index (χ1v) is 6.72. The predicted octanol–water partition coefficient (Wildman–Crippen LogP) is 1.75. The average Bonchev–Trinajstić information content (AvgIpc) is 2.61. The minimum absolute atomic E-state index is 0.528. The van der Waals surface area contributed by atoms with Crippen LogP contribution in [0.25, 0.3) is 0 Å². The number of benzene rings is 1. The first kappa shape index (κ1) is 14.9. The van der Waals surface area contributed by atoms with Crippen LogP contribution >= 0.6 is 0 Å². The van der Waals surface area contributed by atoms with E-state index in [-0.39, 0.29) is 0 Å². The second-order valence-corrected chi connectivity index (χ2v) is 5.45. The number of hydrogen-bond donors (Lipinski definition) is 0. The van der Waals surface area contributed by atoms with Crippen molar-refractivity contribution in [3.8, 4) is 5.75 Å². The predicted molar refractivity (Wildman–Crippen MR) is 77.9 cm³/mol. The van der Waals surface area contributed by atoms with Gasteiger partial charge in [-0.1, -0.05) is 12.1 Å². The summed E-state index contributed by atoms with van der Waals surface area (Å²) < 4.78 is 17.4. The summed E-state index contributed by atoms with van der Waals surface area (Å²) in [6.45, 7) is 8.15. The van der Waals surface area contributed by atoms with Crippen LogP contribution in [0.4, 0.5) is 0 Å². The number of rotatable bonds is 4. The van der Waals surface area contributed by atoms with Crippen molar-refractivity contribution in [3.05, 3.63) is 30.3 Å². The zero-order valence-corrected chi connectivity index (χ0v) is 12.3. The lowest BCUT2D eigenvalue weighted by molar-refractivity contribution is 0.0292. The van der Waals surface area contributed by atoms with E-state index in [1.807, 2.05) is 52.0 Å². The lowest BCUT2D eigenvalue weighted by atomic mass is 9.79. The molecule has 0 aromatic heterocycles. The van der Waals surface area contributed by atoms with E-state index in [1.54, 1.807) is 5.94 Å². The Bertz CT molecular complexity index is 536. The van der Waals surface area contributed by atoms with Crippen molar-refractivity contribution in [1.82, 2.24) is 0 Å². The van der Waals surface area contributed by atoms with Gasteiger partial charge in [-0.25, -0.2) is 4.79 Å². The summed E-state index contributed by atoms with van der Waals surface area (Å²) in [6, 6.07) is 7.59. The van der Waals surface area contributed by atoms with Crippen LogP contribution in [-0.2, 0) is 14.1 Å². The molecule has 5 heteroatoms. The van der Waals surface area contributed by atoms with Gasteiger partial charge in [0.2, 0.25) is 0 Å². The van der Waals surface area contributed by atoms with Crippen molar-refractivity contribution < 1.29 is 18.8 Å². The topological polar surface area (TPSA) is 44.8 Å². The van der Waals surface area contributed by atoms with Gasteiger partial charge in [-0.05, 0) is 45.3 Å². The summed E-state index contributed by atoms with van der Waals surface area (Å²) in [5.41, 5.74) is -0.551. The van der Waals surface area contributed by atoms with Gasteiger partial charge in [0.25, 0.3) is 0 Å². The fourth-order valence-electron chi connectivity index (χ4n) is 2.15. The smallest absolute Gasteiger partial charge is 0.494 e. The molecule has 0 spiro atoms. The van der Waals surface area contributed by atoms with E-state index >= 15 is 0 Å². The summed E-state index contributed by atoms with van der Waals surface area (Å²) in [4.78, 5) is 10.7. The van der Waals surface area contributed by atoms with Gasteiger partial charge >= 0.3 is 7.12 Å². The van der Waals surface area contributed by atoms with Crippen LogP contribution in [0.2, 0.25) is 0 Å². The Balaban J connectivity index is 2.28. The molecule has 1 heterocycles. The molecule has 1 aliphatic heterocycles. The van der Waals surface area contributed by atoms with Gasteiger partial charge in [-0.3, -0.25) is 0 Å². The van der Waals surface area contributed by atoms with Gasteiger partial charge in [0, 0.05) is 6.08 Å².